The highest BCUT2D eigenvalue weighted by Gasteiger charge is 2.21. The quantitative estimate of drug-likeness (QED) is 0.603. The van der Waals surface area contributed by atoms with E-state index >= 15 is 0 Å². The molecule has 1 amide bonds. The van der Waals surface area contributed by atoms with Gasteiger partial charge < -0.3 is 15.7 Å². The molecule has 8 nitrogen and oxygen atoms in total. The van der Waals surface area contributed by atoms with Crippen LogP contribution in [0.2, 0.25) is 0 Å². The number of hydrogen-bond acceptors (Lipinski definition) is 5. The molecule has 0 aliphatic carbocycles. The maximum absolute atomic E-state index is 11.3. The van der Waals surface area contributed by atoms with E-state index < -0.39 is 16.0 Å². The Kier molecular flexibility index (Phi) is 4.14. The molecule has 1 aliphatic rings. The number of aromatic carboxylic acids is 1. The van der Waals surface area contributed by atoms with E-state index in [1.807, 2.05) is 0 Å². The second-order valence-electron chi connectivity index (χ2n) is 4.74. The summed E-state index contributed by atoms with van der Waals surface area (Å²) in [5.41, 5.74) is 0.106. The molecule has 1 heterocycles. The molecule has 0 aromatic heterocycles. The summed E-state index contributed by atoms with van der Waals surface area (Å²) < 4.78 is 22.5. The lowest BCUT2D eigenvalue weighted by molar-refractivity contribution is -0.122. The highest BCUT2D eigenvalue weighted by Crippen LogP contribution is 2.22. The van der Waals surface area contributed by atoms with Gasteiger partial charge in [0.05, 0.1) is 10.5 Å². The van der Waals surface area contributed by atoms with E-state index in [2.05, 4.69) is 10.6 Å². The third kappa shape index (κ3) is 3.70. The van der Waals surface area contributed by atoms with E-state index in [-0.39, 0.29) is 28.1 Å². The van der Waals surface area contributed by atoms with Crippen molar-refractivity contribution in [3.05, 3.63) is 23.8 Å². The van der Waals surface area contributed by atoms with Crippen LogP contribution in [-0.4, -0.2) is 38.0 Å². The Balaban J connectivity index is 2.27. The minimum Gasteiger partial charge on any atom is -0.478 e. The van der Waals surface area contributed by atoms with Crippen LogP contribution >= 0.6 is 0 Å². The van der Waals surface area contributed by atoms with E-state index in [0.29, 0.717) is 19.4 Å². The van der Waals surface area contributed by atoms with Crippen LogP contribution in [0.5, 0.6) is 0 Å². The van der Waals surface area contributed by atoms with Crippen molar-refractivity contribution in [1.82, 2.24) is 5.32 Å². The number of benzene rings is 1. The first kappa shape index (κ1) is 15.3. The molecule has 0 saturated carbocycles. The standard InChI is InChI=1S/C12H15N3O5S/c13-21(19,20)8-2-3-10(9(5-8)12(17)18)15-7-1-4-11(16)14-6-7/h2-3,5,7,15H,1,4,6H2,(H,14,16)(H,17,18)(H2,13,19,20). The van der Waals surface area contributed by atoms with Crippen molar-refractivity contribution in [3.8, 4) is 0 Å². The molecule has 0 radical (unpaired) electrons. The van der Waals surface area contributed by atoms with Crippen molar-refractivity contribution in [1.29, 1.82) is 0 Å². The van der Waals surface area contributed by atoms with Crippen molar-refractivity contribution in [2.45, 2.75) is 23.8 Å². The van der Waals surface area contributed by atoms with Crippen LogP contribution in [0.4, 0.5) is 5.69 Å². The number of carboxylic acid groups (broad SMARTS) is 1. The van der Waals surface area contributed by atoms with Gasteiger partial charge in [0.15, 0.2) is 0 Å². The fourth-order valence-electron chi connectivity index (χ4n) is 2.08. The lowest BCUT2D eigenvalue weighted by atomic mass is 10.1. The number of sulfonamides is 1. The van der Waals surface area contributed by atoms with Crippen molar-refractivity contribution in [3.63, 3.8) is 0 Å². The van der Waals surface area contributed by atoms with Gasteiger partial charge in [-0.3, -0.25) is 4.79 Å². The zero-order chi connectivity index (χ0) is 15.6. The summed E-state index contributed by atoms with van der Waals surface area (Å²) in [6.45, 7) is 0.384. The third-order valence-corrected chi connectivity index (χ3v) is 4.09. The van der Waals surface area contributed by atoms with E-state index in [1.165, 1.54) is 12.1 Å². The number of carbonyl (C=O) groups is 2. The highest BCUT2D eigenvalue weighted by atomic mass is 32.2. The van der Waals surface area contributed by atoms with Crippen LogP contribution in [-0.2, 0) is 14.8 Å². The first-order valence-electron chi connectivity index (χ1n) is 6.21. The summed E-state index contributed by atoms with van der Waals surface area (Å²) in [6, 6.07) is 3.51. The Labute approximate surface area is 121 Å². The largest absolute Gasteiger partial charge is 0.478 e. The molecule has 2 rings (SSSR count). The molecule has 9 heteroatoms. The zero-order valence-electron chi connectivity index (χ0n) is 11.0. The van der Waals surface area contributed by atoms with Crippen molar-refractivity contribution < 1.29 is 23.1 Å². The Hall–Kier alpha value is -2.13. The van der Waals surface area contributed by atoms with Gasteiger partial charge in [0.1, 0.15) is 0 Å². The van der Waals surface area contributed by atoms with Gasteiger partial charge in [-0.05, 0) is 24.6 Å². The highest BCUT2D eigenvalue weighted by molar-refractivity contribution is 7.89. The van der Waals surface area contributed by atoms with E-state index in [0.717, 1.165) is 6.07 Å². The lowest BCUT2D eigenvalue weighted by Crippen LogP contribution is -2.42. The van der Waals surface area contributed by atoms with Gasteiger partial charge in [-0.2, -0.15) is 0 Å². The number of amides is 1. The molecule has 1 fully saturated rings. The van der Waals surface area contributed by atoms with E-state index in [4.69, 9.17) is 5.14 Å². The van der Waals surface area contributed by atoms with Crippen molar-refractivity contribution in [2.24, 2.45) is 5.14 Å². The van der Waals surface area contributed by atoms with Gasteiger partial charge in [-0.15, -0.1) is 0 Å². The average Bonchev–Trinajstić information content (AvgIpc) is 2.40. The Morgan fingerprint density at radius 2 is 2.14 bits per heavy atom. The first-order chi connectivity index (χ1) is 9.77. The minimum atomic E-state index is -3.96. The molecule has 1 saturated heterocycles. The average molecular weight is 313 g/mol. The number of primary sulfonamides is 1. The smallest absolute Gasteiger partial charge is 0.337 e. The minimum absolute atomic E-state index is 0.0453. The second-order valence-corrected chi connectivity index (χ2v) is 6.30. The SMILES string of the molecule is NS(=O)(=O)c1ccc(NC2CCC(=O)NC2)c(C(=O)O)c1. The number of nitrogens with one attached hydrogen (secondary N) is 2. The summed E-state index contributed by atoms with van der Waals surface area (Å²) in [7, 11) is -3.96. The first-order valence-corrected chi connectivity index (χ1v) is 7.75. The topological polar surface area (TPSA) is 139 Å². The lowest BCUT2D eigenvalue weighted by Gasteiger charge is -2.25. The fraction of sp³-hybridized carbons (Fsp3) is 0.333. The number of rotatable bonds is 4. The predicted molar refractivity (Wildman–Crippen MR) is 74.4 cm³/mol. The summed E-state index contributed by atoms with van der Waals surface area (Å²) in [6.07, 6.45) is 0.928. The molecular weight excluding hydrogens is 298 g/mol. The Morgan fingerprint density at radius 1 is 1.43 bits per heavy atom. The second kappa shape index (κ2) is 5.70. The molecule has 1 aromatic carbocycles. The van der Waals surface area contributed by atoms with Gasteiger partial charge in [0.25, 0.3) is 0 Å². The fourth-order valence-corrected chi connectivity index (χ4v) is 2.62. The van der Waals surface area contributed by atoms with E-state index in [9.17, 15) is 23.1 Å². The summed E-state index contributed by atoms with van der Waals surface area (Å²) in [5.74, 6) is -1.31. The molecule has 0 spiro atoms. The molecule has 114 valence electrons. The summed E-state index contributed by atoms with van der Waals surface area (Å²) in [5, 5.41) is 19.8. The normalized spacial score (nSPS) is 18.9. The zero-order valence-corrected chi connectivity index (χ0v) is 11.8. The summed E-state index contributed by atoms with van der Waals surface area (Å²) >= 11 is 0. The number of carboxylic acids is 1. The number of nitrogens with two attached hydrogens (primary N) is 1. The Morgan fingerprint density at radius 3 is 2.67 bits per heavy atom. The molecule has 1 aliphatic heterocycles. The molecule has 1 atom stereocenters. The molecule has 1 unspecified atom stereocenters. The number of piperidine rings is 1. The van der Waals surface area contributed by atoms with Crippen LogP contribution in [0.25, 0.3) is 0 Å². The summed E-state index contributed by atoms with van der Waals surface area (Å²) in [4.78, 5) is 22.1. The number of anilines is 1. The molecular formula is C12H15N3O5S. The molecule has 1 aromatic rings. The predicted octanol–water partition coefficient (Wildman–Crippen LogP) is -0.277. The van der Waals surface area contributed by atoms with E-state index in [1.54, 1.807) is 0 Å². The number of hydrogen-bond donors (Lipinski definition) is 4. The third-order valence-electron chi connectivity index (χ3n) is 3.18. The van der Waals surface area contributed by atoms with Crippen molar-refractivity contribution >= 4 is 27.6 Å². The van der Waals surface area contributed by atoms with Gasteiger partial charge in [-0.1, -0.05) is 0 Å². The van der Waals surface area contributed by atoms with Crippen LogP contribution in [0, 0.1) is 0 Å². The van der Waals surface area contributed by atoms with Crippen LogP contribution < -0.4 is 15.8 Å². The molecule has 5 N–H and O–H groups in total. The van der Waals surface area contributed by atoms with Gasteiger partial charge >= 0.3 is 5.97 Å². The Bertz CT molecular complexity index is 676. The number of carbonyl (C=O) groups excluding carboxylic acids is 1. The van der Waals surface area contributed by atoms with Gasteiger partial charge in [0, 0.05) is 24.7 Å². The maximum Gasteiger partial charge on any atom is 0.337 e. The van der Waals surface area contributed by atoms with Gasteiger partial charge in [0.2, 0.25) is 15.9 Å². The monoisotopic (exact) mass is 313 g/mol. The molecule has 21 heavy (non-hydrogen) atoms. The van der Waals surface area contributed by atoms with Crippen molar-refractivity contribution in [2.75, 3.05) is 11.9 Å². The van der Waals surface area contributed by atoms with Crippen LogP contribution in [0.3, 0.4) is 0 Å². The molecule has 0 bridgehead atoms. The maximum atomic E-state index is 11.3. The van der Waals surface area contributed by atoms with Crippen LogP contribution in [0.15, 0.2) is 23.1 Å². The van der Waals surface area contributed by atoms with Crippen LogP contribution in [0.1, 0.15) is 23.2 Å². The van der Waals surface area contributed by atoms with Gasteiger partial charge in [-0.25, -0.2) is 18.4 Å².